The molecule has 35 valence electrons. The molecule has 2 heteroatoms. The van der Waals surface area contributed by atoms with Gasteiger partial charge in [0.25, 0.3) is 0 Å². The summed E-state index contributed by atoms with van der Waals surface area (Å²) in [6, 6.07) is 5.38. The monoisotopic (exact) mass is 95.0 g/mol. The summed E-state index contributed by atoms with van der Waals surface area (Å²) in [6.07, 6.45) is 1.22. The van der Waals surface area contributed by atoms with Gasteiger partial charge in [0, 0.05) is 12.1 Å². The fourth-order valence-electron chi connectivity index (χ4n) is 0.287. The Kier molecular flexibility index (Phi) is 0.941. The van der Waals surface area contributed by atoms with Crippen molar-refractivity contribution in [1.29, 1.82) is 0 Å². The van der Waals surface area contributed by atoms with Crippen LogP contribution in [0.2, 0.25) is 0 Å². The van der Waals surface area contributed by atoms with Crippen LogP contribution in [-0.4, -0.2) is 0 Å². The second-order valence-corrected chi connectivity index (χ2v) is 1.05. The van der Waals surface area contributed by atoms with Gasteiger partial charge in [0.15, 0.2) is 0 Å². The lowest BCUT2D eigenvalue weighted by Crippen LogP contribution is -1.90. The molecule has 1 aromatic heterocycles. The van der Waals surface area contributed by atoms with Crippen LogP contribution in [0.4, 0.5) is 0 Å². The van der Waals surface area contributed by atoms with Gasteiger partial charge in [-0.25, -0.2) is 4.79 Å². The quantitative estimate of drug-likeness (QED) is 0.468. The van der Waals surface area contributed by atoms with Crippen molar-refractivity contribution in [2.75, 3.05) is 0 Å². The molecular weight excluding hydrogens is 92.1 g/mol. The first-order valence-electron chi connectivity index (χ1n) is 1.84. The fourth-order valence-corrected chi connectivity index (χ4v) is 0.287. The summed E-state index contributed by atoms with van der Waals surface area (Å²) in [5.74, 6) is 0. The van der Waals surface area contributed by atoms with Crippen LogP contribution in [0.15, 0.2) is 27.6 Å². The van der Waals surface area contributed by atoms with Crippen LogP contribution in [-0.2, 0) is 0 Å². The molecule has 0 fully saturated rings. The Labute approximate surface area is 40.4 Å². The fraction of sp³-hybridized carbons (Fsp3) is 0. The molecule has 0 bridgehead atoms. The third-order valence-corrected chi connectivity index (χ3v) is 0.559. The lowest BCUT2D eigenvalue weighted by atomic mass is 10.5. The molecule has 0 saturated carbocycles. The molecule has 0 amide bonds. The third-order valence-electron chi connectivity index (χ3n) is 0.559. The summed E-state index contributed by atoms with van der Waals surface area (Å²) in [5.41, 5.74) is -0.334. The van der Waals surface area contributed by atoms with Gasteiger partial charge in [0.05, 0.1) is 0 Å². The van der Waals surface area contributed by atoms with Crippen molar-refractivity contribution < 1.29 is 4.42 Å². The van der Waals surface area contributed by atoms with Crippen LogP contribution < -0.4 is 5.63 Å². The molecule has 0 aliphatic heterocycles. The van der Waals surface area contributed by atoms with Crippen molar-refractivity contribution in [2.24, 2.45) is 0 Å². The average Bonchev–Trinajstić information content (AvgIpc) is 1.69. The smallest absolute Gasteiger partial charge is 0.335 e. The van der Waals surface area contributed by atoms with Crippen LogP contribution in [0.25, 0.3) is 0 Å². The molecule has 0 N–H and O–H groups in total. The predicted octanol–water partition coefficient (Wildman–Crippen LogP) is 0.440. The Bertz CT molecular complexity index is 172. The summed E-state index contributed by atoms with van der Waals surface area (Å²) in [7, 11) is 0. The Hall–Kier alpha value is -1.05. The lowest BCUT2D eigenvalue weighted by molar-refractivity contribution is 0.509. The van der Waals surface area contributed by atoms with Crippen LogP contribution >= 0.6 is 0 Å². The minimum Gasteiger partial charge on any atom is -0.431 e. The van der Waals surface area contributed by atoms with Crippen molar-refractivity contribution in [3.8, 4) is 0 Å². The molecule has 0 unspecified atom stereocenters. The number of hydrogen-bond acceptors (Lipinski definition) is 2. The van der Waals surface area contributed by atoms with Crippen molar-refractivity contribution in [3.05, 3.63) is 34.9 Å². The molecule has 0 atom stereocenters. The van der Waals surface area contributed by atoms with Gasteiger partial charge in [-0.2, -0.15) is 0 Å². The van der Waals surface area contributed by atoms with E-state index in [1.54, 1.807) is 0 Å². The third kappa shape index (κ3) is 0.892. The predicted molar refractivity (Wildman–Crippen MR) is 23.8 cm³/mol. The molecule has 2 nitrogen and oxygen atoms in total. The van der Waals surface area contributed by atoms with Crippen molar-refractivity contribution in [1.82, 2.24) is 0 Å². The zero-order chi connectivity index (χ0) is 5.11. The van der Waals surface area contributed by atoms with Gasteiger partial charge in [-0.1, -0.05) is 0 Å². The van der Waals surface area contributed by atoms with Crippen LogP contribution in [0.1, 0.15) is 0 Å². The molecule has 0 spiro atoms. The maximum Gasteiger partial charge on any atom is 0.335 e. The van der Waals surface area contributed by atoms with Crippen LogP contribution in [0.3, 0.4) is 0 Å². The highest BCUT2D eigenvalue weighted by molar-refractivity contribution is 4.83. The van der Waals surface area contributed by atoms with E-state index in [2.05, 4.69) is 10.5 Å². The molecule has 0 saturated heterocycles. The van der Waals surface area contributed by atoms with Gasteiger partial charge in [0.2, 0.25) is 0 Å². The van der Waals surface area contributed by atoms with Crippen molar-refractivity contribution in [3.63, 3.8) is 0 Å². The van der Waals surface area contributed by atoms with Crippen LogP contribution in [0.5, 0.6) is 0 Å². The highest BCUT2D eigenvalue weighted by atomic mass is 16.4. The number of hydrogen-bond donors (Lipinski definition) is 0. The zero-order valence-electron chi connectivity index (χ0n) is 3.55. The van der Waals surface area contributed by atoms with Gasteiger partial charge in [0.1, 0.15) is 6.26 Å². The maximum atomic E-state index is 10.1. The normalized spacial score (nSPS) is 8.57. The first-order chi connectivity index (χ1) is 3.39. The molecule has 1 rings (SSSR count). The summed E-state index contributed by atoms with van der Waals surface area (Å²) in [4.78, 5) is 10.1. The van der Waals surface area contributed by atoms with E-state index in [1.165, 1.54) is 18.4 Å². The molecule has 0 aromatic carbocycles. The van der Waals surface area contributed by atoms with Gasteiger partial charge in [-0.3, -0.25) is 0 Å². The van der Waals surface area contributed by atoms with Crippen molar-refractivity contribution in [2.45, 2.75) is 0 Å². The Morgan fingerprint density at radius 1 is 1.71 bits per heavy atom. The van der Waals surface area contributed by atoms with E-state index in [9.17, 15) is 4.79 Å². The molecule has 0 aliphatic rings. The molecular formula is C5H3O2. The molecule has 7 heavy (non-hydrogen) atoms. The van der Waals surface area contributed by atoms with E-state index < -0.39 is 0 Å². The van der Waals surface area contributed by atoms with E-state index in [0.29, 0.717) is 0 Å². The number of rotatable bonds is 0. The Morgan fingerprint density at radius 2 is 2.57 bits per heavy atom. The Balaban J connectivity index is 3.28. The van der Waals surface area contributed by atoms with E-state index in [0.717, 1.165) is 0 Å². The lowest BCUT2D eigenvalue weighted by Gasteiger charge is -1.71. The standard InChI is InChI=1S/C5H3O2/c6-5-3-1-2-4-7-5/h1,3-4H. The zero-order valence-corrected chi connectivity index (χ0v) is 3.55. The van der Waals surface area contributed by atoms with Gasteiger partial charge in [-0.15, -0.1) is 0 Å². The van der Waals surface area contributed by atoms with Gasteiger partial charge < -0.3 is 4.42 Å². The highest BCUT2D eigenvalue weighted by Gasteiger charge is 1.73. The van der Waals surface area contributed by atoms with Gasteiger partial charge >= 0.3 is 5.63 Å². The first kappa shape index (κ1) is 4.12. The maximum absolute atomic E-state index is 10.1. The SMILES string of the molecule is O=c1cc[c]co1. The highest BCUT2D eigenvalue weighted by Crippen LogP contribution is 1.70. The van der Waals surface area contributed by atoms with E-state index in [-0.39, 0.29) is 5.63 Å². The summed E-state index contributed by atoms with van der Waals surface area (Å²) in [6.45, 7) is 0. The molecule has 1 aromatic rings. The Morgan fingerprint density at radius 3 is 2.86 bits per heavy atom. The minimum absolute atomic E-state index is 0.334. The summed E-state index contributed by atoms with van der Waals surface area (Å²) >= 11 is 0. The van der Waals surface area contributed by atoms with Crippen molar-refractivity contribution >= 4 is 0 Å². The second-order valence-electron chi connectivity index (χ2n) is 1.05. The van der Waals surface area contributed by atoms with E-state index in [4.69, 9.17) is 0 Å². The topological polar surface area (TPSA) is 30.2 Å². The van der Waals surface area contributed by atoms with E-state index in [1.807, 2.05) is 0 Å². The summed E-state index contributed by atoms with van der Waals surface area (Å²) in [5, 5.41) is 0. The molecule has 1 radical (unpaired) electrons. The largest absolute Gasteiger partial charge is 0.431 e. The molecule has 1 heterocycles. The minimum atomic E-state index is -0.334. The van der Waals surface area contributed by atoms with E-state index >= 15 is 0 Å². The summed E-state index contributed by atoms with van der Waals surface area (Å²) < 4.78 is 4.32. The van der Waals surface area contributed by atoms with Gasteiger partial charge in [-0.05, 0) is 6.07 Å². The average molecular weight is 95.1 g/mol. The second kappa shape index (κ2) is 1.60. The van der Waals surface area contributed by atoms with Crippen LogP contribution in [0, 0.1) is 6.07 Å². The molecule has 0 aliphatic carbocycles. The first-order valence-corrected chi connectivity index (χ1v) is 1.84.